The summed E-state index contributed by atoms with van der Waals surface area (Å²) in [5.41, 5.74) is 3.84. The SMILES string of the molecule is COc1ccc(N=C2S/C(=C\c3cccc(-c4cccc(OC)c4)c3)C(=O)N2C)cc1. The Bertz CT molecular complexity index is 1170. The van der Waals surface area contributed by atoms with Crippen LogP contribution < -0.4 is 9.47 Å². The Balaban J connectivity index is 1.60. The molecule has 1 aliphatic rings. The van der Waals surface area contributed by atoms with Crippen LogP contribution in [0.3, 0.4) is 0 Å². The second-order valence-electron chi connectivity index (χ2n) is 6.92. The van der Waals surface area contributed by atoms with Crippen molar-refractivity contribution in [3.8, 4) is 22.6 Å². The largest absolute Gasteiger partial charge is 0.497 e. The Hall–Kier alpha value is -3.51. The average molecular weight is 431 g/mol. The van der Waals surface area contributed by atoms with E-state index >= 15 is 0 Å². The molecule has 31 heavy (non-hydrogen) atoms. The lowest BCUT2D eigenvalue weighted by Gasteiger charge is -2.07. The Kier molecular flexibility index (Phi) is 6.09. The van der Waals surface area contributed by atoms with Crippen LogP contribution in [-0.4, -0.2) is 37.2 Å². The van der Waals surface area contributed by atoms with Crippen LogP contribution in [0.4, 0.5) is 5.69 Å². The van der Waals surface area contributed by atoms with Gasteiger partial charge in [0.05, 0.1) is 24.8 Å². The molecule has 1 amide bonds. The quantitative estimate of drug-likeness (QED) is 0.494. The van der Waals surface area contributed by atoms with Gasteiger partial charge in [0.15, 0.2) is 5.17 Å². The second-order valence-corrected chi connectivity index (χ2v) is 7.93. The molecule has 0 N–H and O–H groups in total. The highest BCUT2D eigenvalue weighted by atomic mass is 32.2. The molecule has 0 aromatic heterocycles. The molecule has 1 saturated heterocycles. The van der Waals surface area contributed by atoms with Gasteiger partial charge in [0.25, 0.3) is 5.91 Å². The summed E-state index contributed by atoms with van der Waals surface area (Å²) in [7, 11) is 5.02. The van der Waals surface area contributed by atoms with Crippen molar-refractivity contribution in [3.05, 3.63) is 83.3 Å². The van der Waals surface area contributed by atoms with Crippen molar-refractivity contribution in [1.82, 2.24) is 4.90 Å². The first kappa shape index (κ1) is 20.8. The van der Waals surface area contributed by atoms with E-state index in [1.165, 1.54) is 11.8 Å². The van der Waals surface area contributed by atoms with Crippen LogP contribution in [0.5, 0.6) is 11.5 Å². The summed E-state index contributed by atoms with van der Waals surface area (Å²) in [6.07, 6.45) is 1.91. The van der Waals surface area contributed by atoms with E-state index in [0.717, 1.165) is 33.9 Å². The Morgan fingerprint density at radius 3 is 2.26 bits per heavy atom. The summed E-state index contributed by atoms with van der Waals surface area (Å²) in [6, 6.07) is 23.4. The summed E-state index contributed by atoms with van der Waals surface area (Å²) in [5.74, 6) is 1.51. The average Bonchev–Trinajstić information content (AvgIpc) is 3.07. The number of benzene rings is 3. The van der Waals surface area contributed by atoms with Crippen LogP contribution in [0, 0.1) is 0 Å². The molecule has 0 unspecified atom stereocenters. The maximum atomic E-state index is 12.8. The van der Waals surface area contributed by atoms with Crippen LogP contribution >= 0.6 is 11.8 Å². The molecule has 1 aliphatic heterocycles. The number of hydrogen-bond donors (Lipinski definition) is 0. The standard InChI is InChI=1S/C25H22N2O3S/c1-27-24(28)23(31-25(27)26-20-10-12-21(29-2)13-11-20)15-17-6-4-7-18(14-17)19-8-5-9-22(16-19)30-3/h4-16H,1-3H3/b23-15-,26-25?. The van der Waals surface area contributed by atoms with Gasteiger partial charge in [0.2, 0.25) is 0 Å². The molecular formula is C25H22N2O3S. The van der Waals surface area contributed by atoms with Crippen LogP contribution in [0.2, 0.25) is 0 Å². The van der Waals surface area contributed by atoms with Gasteiger partial charge in [-0.15, -0.1) is 0 Å². The predicted octanol–water partition coefficient (Wildman–Crippen LogP) is 5.60. The molecule has 156 valence electrons. The molecule has 0 atom stereocenters. The molecule has 6 heteroatoms. The van der Waals surface area contributed by atoms with Crippen molar-refractivity contribution in [2.75, 3.05) is 21.3 Å². The van der Waals surface area contributed by atoms with Crippen LogP contribution in [0.25, 0.3) is 17.2 Å². The summed E-state index contributed by atoms with van der Waals surface area (Å²) >= 11 is 1.37. The zero-order valence-electron chi connectivity index (χ0n) is 17.5. The van der Waals surface area contributed by atoms with Gasteiger partial charge in [-0.3, -0.25) is 9.69 Å². The third kappa shape index (κ3) is 4.64. The van der Waals surface area contributed by atoms with E-state index in [0.29, 0.717) is 10.1 Å². The lowest BCUT2D eigenvalue weighted by Crippen LogP contribution is -2.23. The first-order valence-electron chi connectivity index (χ1n) is 9.72. The number of ether oxygens (including phenoxy) is 2. The van der Waals surface area contributed by atoms with Crippen molar-refractivity contribution >= 4 is 34.6 Å². The monoisotopic (exact) mass is 430 g/mol. The molecule has 3 aromatic rings. The number of nitrogens with zero attached hydrogens (tertiary/aromatic N) is 2. The molecule has 0 radical (unpaired) electrons. The molecule has 0 aliphatic carbocycles. The van der Waals surface area contributed by atoms with E-state index in [-0.39, 0.29) is 5.91 Å². The molecule has 1 fully saturated rings. The summed E-state index contributed by atoms with van der Waals surface area (Å²) in [5, 5.41) is 0.644. The topological polar surface area (TPSA) is 51.1 Å². The molecule has 3 aromatic carbocycles. The number of likely N-dealkylation sites (N-methyl/N-ethyl adjacent to an activating group) is 1. The normalized spacial score (nSPS) is 16.2. The van der Waals surface area contributed by atoms with Crippen molar-refractivity contribution < 1.29 is 14.3 Å². The smallest absolute Gasteiger partial charge is 0.266 e. The Labute approximate surface area is 186 Å². The first-order valence-corrected chi connectivity index (χ1v) is 10.5. The highest BCUT2D eigenvalue weighted by molar-refractivity contribution is 8.18. The number of thioether (sulfide) groups is 1. The van der Waals surface area contributed by atoms with E-state index in [1.54, 1.807) is 26.2 Å². The fourth-order valence-electron chi connectivity index (χ4n) is 3.18. The zero-order chi connectivity index (χ0) is 21.8. The van der Waals surface area contributed by atoms with E-state index in [9.17, 15) is 4.79 Å². The number of amidine groups is 1. The molecule has 0 bridgehead atoms. The summed E-state index contributed by atoms with van der Waals surface area (Å²) < 4.78 is 10.5. The van der Waals surface area contributed by atoms with Gasteiger partial charge in [-0.2, -0.15) is 0 Å². The molecular weight excluding hydrogens is 408 g/mol. The van der Waals surface area contributed by atoms with Crippen LogP contribution in [-0.2, 0) is 4.79 Å². The highest BCUT2D eigenvalue weighted by Gasteiger charge is 2.30. The van der Waals surface area contributed by atoms with E-state index < -0.39 is 0 Å². The fourth-order valence-corrected chi connectivity index (χ4v) is 4.17. The number of rotatable bonds is 5. The van der Waals surface area contributed by atoms with Crippen molar-refractivity contribution in [2.45, 2.75) is 0 Å². The number of methoxy groups -OCH3 is 2. The highest BCUT2D eigenvalue weighted by Crippen LogP contribution is 2.34. The number of carbonyl (C=O) groups excluding carboxylic acids is 1. The second kappa shape index (κ2) is 9.10. The summed E-state index contributed by atoms with van der Waals surface area (Å²) in [6.45, 7) is 0. The predicted molar refractivity (Wildman–Crippen MR) is 127 cm³/mol. The van der Waals surface area contributed by atoms with E-state index in [1.807, 2.05) is 72.8 Å². The van der Waals surface area contributed by atoms with Gasteiger partial charge in [-0.25, -0.2) is 4.99 Å². The minimum absolute atomic E-state index is 0.0657. The van der Waals surface area contributed by atoms with Crippen molar-refractivity contribution in [1.29, 1.82) is 0 Å². The number of carbonyl (C=O) groups is 1. The van der Waals surface area contributed by atoms with Gasteiger partial charge in [0, 0.05) is 7.05 Å². The third-order valence-corrected chi connectivity index (χ3v) is 5.95. The third-order valence-electron chi connectivity index (χ3n) is 4.89. The first-order chi connectivity index (χ1) is 15.1. The van der Waals surface area contributed by atoms with E-state index in [4.69, 9.17) is 9.47 Å². The minimum Gasteiger partial charge on any atom is -0.497 e. The van der Waals surface area contributed by atoms with E-state index in [2.05, 4.69) is 11.1 Å². The lowest BCUT2D eigenvalue weighted by molar-refractivity contribution is -0.121. The van der Waals surface area contributed by atoms with Gasteiger partial charge < -0.3 is 9.47 Å². The number of hydrogen-bond acceptors (Lipinski definition) is 5. The maximum absolute atomic E-state index is 12.8. The Morgan fingerprint density at radius 1 is 0.871 bits per heavy atom. The van der Waals surface area contributed by atoms with Gasteiger partial charge in [-0.05, 0) is 77.0 Å². The van der Waals surface area contributed by atoms with Gasteiger partial charge >= 0.3 is 0 Å². The molecule has 0 spiro atoms. The fraction of sp³-hybridized carbons (Fsp3) is 0.120. The molecule has 5 nitrogen and oxygen atoms in total. The molecule has 4 rings (SSSR count). The van der Waals surface area contributed by atoms with Crippen LogP contribution in [0.1, 0.15) is 5.56 Å². The van der Waals surface area contributed by atoms with Gasteiger partial charge in [-0.1, -0.05) is 30.3 Å². The number of aliphatic imine (C=N–C) groups is 1. The summed E-state index contributed by atoms with van der Waals surface area (Å²) in [4.78, 5) is 19.6. The van der Waals surface area contributed by atoms with Crippen molar-refractivity contribution in [2.24, 2.45) is 4.99 Å². The maximum Gasteiger partial charge on any atom is 0.266 e. The van der Waals surface area contributed by atoms with Crippen molar-refractivity contribution in [3.63, 3.8) is 0 Å². The number of amides is 1. The molecule has 0 saturated carbocycles. The minimum atomic E-state index is -0.0657. The lowest BCUT2D eigenvalue weighted by atomic mass is 10.0. The van der Waals surface area contributed by atoms with Crippen LogP contribution in [0.15, 0.2) is 82.7 Å². The van der Waals surface area contributed by atoms with Gasteiger partial charge in [0.1, 0.15) is 11.5 Å². The zero-order valence-corrected chi connectivity index (χ0v) is 18.3. The Morgan fingerprint density at radius 2 is 1.55 bits per heavy atom. The molecule has 1 heterocycles.